The molecule has 462 valence electrons. The van der Waals surface area contributed by atoms with E-state index < -0.39 is 109 Å². The van der Waals surface area contributed by atoms with Crippen LogP contribution in [0.5, 0.6) is 5.75 Å². The molecule has 0 aliphatic rings. The summed E-state index contributed by atoms with van der Waals surface area (Å²) in [6, 6.07) is 11.3. The number of primary amides is 1. The lowest BCUT2D eigenvalue weighted by molar-refractivity contribution is -0.135. The van der Waals surface area contributed by atoms with Crippen molar-refractivity contribution in [3.05, 3.63) is 102 Å². The predicted octanol–water partition coefficient (Wildman–Crippen LogP) is 0.193. The number of hydrogen-bond acceptors (Lipinski definition) is 14. The summed E-state index contributed by atoms with van der Waals surface area (Å²) in [6.45, 7) is 3.20. The van der Waals surface area contributed by atoms with Gasteiger partial charge in [0.1, 0.15) is 48.0 Å². The number of amides is 9. The van der Waals surface area contributed by atoms with Gasteiger partial charge in [-0.25, -0.2) is 0 Å². The molecule has 0 bridgehead atoms. The Balaban J connectivity index is 1.31. The summed E-state index contributed by atoms with van der Waals surface area (Å²) in [7, 11) is 0. The second kappa shape index (κ2) is 35.0. The number of phenols is 1. The zero-order valence-corrected chi connectivity index (χ0v) is 48.5. The Hall–Kier alpha value is -8.39. The predicted molar refractivity (Wildman–Crippen MR) is 321 cm³/mol. The van der Waals surface area contributed by atoms with Crippen molar-refractivity contribution in [2.24, 2.45) is 28.9 Å². The molecule has 20 N–H and O–H groups in total. The smallest absolute Gasteiger partial charge is 0.245 e. The van der Waals surface area contributed by atoms with E-state index in [0.717, 1.165) is 46.6 Å². The first-order valence-electron chi connectivity index (χ1n) is 29.1. The number of H-pyrrole nitrogens is 2. The van der Waals surface area contributed by atoms with Gasteiger partial charge in [-0.15, -0.1) is 0 Å². The van der Waals surface area contributed by atoms with Gasteiger partial charge in [-0.05, 0) is 111 Å². The molecule has 0 fully saturated rings. The van der Waals surface area contributed by atoms with Crippen molar-refractivity contribution in [3.8, 4) is 5.75 Å². The van der Waals surface area contributed by atoms with Gasteiger partial charge in [-0.2, -0.15) is 0 Å². The van der Waals surface area contributed by atoms with E-state index in [1.807, 2.05) is 42.5 Å². The van der Waals surface area contributed by atoms with E-state index >= 15 is 0 Å². The fourth-order valence-electron chi connectivity index (χ4n) is 9.70. The monoisotopic (exact) mass is 1180 g/mol. The lowest BCUT2D eigenvalue weighted by Gasteiger charge is -2.27. The van der Waals surface area contributed by atoms with Crippen molar-refractivity contribution in [1.29, 1.82) is 0 Å². The van der Waals surface area contributed by atoms with Gasteiger partial charge in [-0.3, -0.25) is 43.2 Å². The third-order valence-corrected chi connectivity index (χ3v) is 14.5. The molecule has 25 nitrogen and oxygen atoms in total. The number of fused-ring (bicyclic) bond motifs is 2. The third-order valence-electron chi connectivity index (χ3n) is 14.5. The van der Waals surface area contributed by atoms with Crippen LogP contribution in [-0.2, 0) is 62.4 Å². The Bertz CT molecular complexity index is 3000. The van der Waals surface area contributed by atoms with Gasteiger partial charge >= 0.3 is 0 Å². The molecule has 2 aromatic heterocycles. The number of nitrogens with two attached hydrogens (primary N) is 4. The van der Waals surface area contributed by atoms with Gasteiger partial charge in [0, 0.05) is 59.9 Å². The number of aromatic amines is 2. The molecule has 0 radical (unpaired) electrons. The molecule has 5 rings (SSSR count). The molecular formula is C60H86N14O11. The molecule has 0 unspecified atom stereocenters. The maximum absolute atomic E-state index is 14.7. The third kappa shape index (κ3) is 22.0. The summed E-state index contributed by atoms with van der Waals surface area (Å²) < 4.78 is 0. The maximum atomic E-state index is 14.7. The van der Waals surface area contributed by atoms with Crippen LogP contribution in [0.15, 0.2) is 85.2 Å². The topological polar surface area (TPSA) is 426 Å². The molecule has 2 heterocycles. The number of aliphatic hydroxyl groups is 1. The number of carbonyl (C=O) groups excluding carboxylic acids is 9. The van der Waals surface area contributed by atoms with Gasteiger partial charge in [0.25, 0.3) is 0 Å². The number of benzene rings is 3. The van der Waals surface area contributed by atoms with Crippen LogP contribution in [0.3, 0.4) is 0 Å². The minimum Gasteiger partial charge on any atom is -0.508 e. The molecular weight excluding hydrogens is 1090 g/mol. The van der Waals surface area contributed by atoms with E-state index in [4.69, 9.17) is 22.9 Å². The molecule has 0 aliphatic heterocycles. The Kier molecular flexibility index (Phi) is 27.8. The van der Waals surface area contributed by atoms with Crippen LogP contribution in [0.2, 0.25) is 0 Å². The Morgan fingerprint density at radius 3 is 1.41 bits per heavy atom. The lowest BCUT2D eigenvalue weighted by Crippen LogP contribution is -2.60. The fourth-order valence-corrected chi connectivity index (χ4v) is 9.70. The van der Waals surface area contributed by atoms with Gasteiger partial charge in [0.05, 0.1) is 13.2 Å². The number of carbonyl (C=O) groups is 9. The van der Waals surface area contributed by atoms with Crippen LogP contribution in [0.1, 0.15) is 101 Å². The van der Waals surface area contributed by atoms with Gasteiger partial charge < -0.3 is 85.6 Å². The van der Waals surface area contributed by atoms with Crippen molar-refractivity contribution in [2.75, 3.05) is 32.8 Å². The largest absolute Gasteiger partial charge is 0.508 e. The van der Waals surface area contributed by atoms with Crippen LogP contribution in [0, 0.1) is 5.92 Å². The molecule has 85 heavy (non-hydrogen) atoms. The van der Waals surface area contributed by atoms with Gasteiger partial charge in [0.2, 0.25) is 53.2 Å². The zero-order valence-electron chi connectivity index (χ0n) is 48.5. The highest BCUT2D eigenvalue weighted by molar-refractivity contribution is 5.98. The average Bonchev–Trinajstić information content (AvgIpc) is 4.36. The summed E-state index contributed by atoms with van der Waals surface area (Å²) in [5, 5.41) is 43.0. The quantitative estimate of drug-likeness (QED) is 0.0235. The Labute approximate surface area is 494 Å². The summed E-state index contributed by atoms with van der Waals surface area (Å²) in [5.74, 6) is -6.41. The lowest BCUT2D eigenvalue weighted by atomic mass is 10.0. The first-order valence-corrected chi connectivity index (χ1v) is 29.1. The highest BCUT2D eigenvalue weighted by Crippen LogP contribution is 2.22. The zero-order chi connectivity index (χ0) is 61.8. The highest BCUT2D eigenvalue weighted by atomic mass is 16.3. The highest BCUT2D eigenvalue weighted by Gasteiger charge is 2.34. The molecule has 5 aromatic rings. The minimum absolute atomic E-state index is 0.00631. The van der Waals surface area contributed by atoms with Crippen LogP contribution >= 0.6 is 0 Å². The fraction of sp³-hybridized carbons (Fsp3) is 0.483. The number of rotatable bonds is 38. The summed E-state index contributed by atoms with van der Waals surface area (Å²) in [6.07, 6.45) is 7.44. The van der Waals surface area contributed by atoms with Crippen LogP contribution in [0.4, 0.5) is 0 Å². The molecule has 25 heteroatoms. The summed E-state index contributed by atoms with van der Waals surface area (Å²) >= 11 is 0. The SMILES string of the molecule is CC(C)CCCCCC(=O)N[C@H](CO)C(=O)N[C@H](Cc1ccc(O)cc1)C(=O)N[C@H](Cc1c[nH]c2ccccc12)C(=O)N[C@H](CCCN)C(=O)N[C@@H](CCCN)C(=O)NCC(=O)N[C@H](CCCN)C(=O)N[C@@H](Cc1c[nH]c2ccccc12)C(N)=O. The van der Waals surface area contributed by atoms with E-state index in [1.165, 1.54) is 24.3 Å². The Morgan fingerprint density at radius 1 is 0.471 bits per heavy atom. The van der Waals surface area contributed by atoms with E-state index in [9.17, 15) is 53.4 Å². The number of nitrogens with one attached hydrogen (secondary N) is 10. The van der Waals surface area contributed by atoms with Crippen molar-refractivity contribution >= 4 is 75.0 Å². The van der Waals surface area contributed by atoms with Crippen molar-refractivity contribution < 1.29 is 53.4 Å². The van der Waals surface area contributed by atoms with Crippen molar-refractivity contribution in [2.45, 2.75) is 146 Å². The number of aromatic nitrogens is 2. The van der Waals surface area contributed by atoms with E-state index in [-0.39, 0.29) is 83.2 Å². The van der Waals surface area contributed by atoms with Crippen molar-refractivity contribution in [3.63, 3.8) is 0 Å². The van der Waals surface area contributed by atoms with Crippen LogP contribution < -0.4 is 65.5 Å². The van der Waals surface area contributed by atoms with Crippen LogP contribution in [0.25, 0.3) is 21.8 Å². The first kappa shape index (κ1) is 67.4. The van der Waals surface area contributed by atoms with E-state index in [2.05, 4.69) is 66.3 Å². The second-order valence-corrected chi connectivity index (χ2v) is 21.6. The number of phenolic OH excluding ortho intramolecular Hbond substituents is 1. The molecule has 9 amide bonds. The standard InChI is InChI=1S/C60H86N14O11/c1-36(2)13-4-3-5-21-52(77)69-51(35-75)60(85)73-49(29-37-22-24-40(76)25-23-37)58(83)74-50(31-39-33-66-44-17-9-7-15-42(39)44)59(84)71-47(20-12-28-63)57(82)70-45(18-10-26-61)55(80)67-34-53(78)68-46(19-11-27-62)56(81)72-48(54(64)79)30-38-32-65-43-16-8-6-14-41(38)43/h6-9,14-17,22-25,32-33,36,45-51,65-66,75-76H,3-5,10-13,18-21,26-31,34-35,61-63H2,1-2H3,(H2,64,79)(H,67,80)(H,68,78)(H,69,77)(H,70,82)(H,71,84)(H,72,81)(H,73,85)(H,74,83)/t45-,46+,47+,48-,49+,50+,51+/m0/s1. The molecule has 0 saturated carbocycles. The molecule has 3 aromatic carbocycles. The number of aliphatic hydroxyl groups excluding tert-OH is 1. The Morgan fingerprint density at radius 2 is 0.906 bits per heavy atom. The second-order valence-electron chi connectivity index (χ2n) is 21.6. The average molecular weight is 1180 g/mol. The first-order chi connectivity index (χ1) is 40.8. The molecule has 0 spiro atoms. The minimum atomic E-state index is -1.43. The number of para-hydroxylation sites is 2. The number of unbranched alkanes of at least 4 members (excludes halogenated alkanes) is 2. The van der Waals surface area contributed by atoms with E-state index in [1.54, 1.807) is 18.5 Å². The molecule has 7 atom stereocenters. The number of hydrogen-bond donors (Lipinski definition) is 16. The summed E-state index contributed by atoms with van der Waals surface area (Å²) in [5.41, 5.74) is 26.6. The molecule has 0 saturated heterocycles. The van der Waals surface area contributed by atoms with E-state index in [0.29, 0.717) is 29.9 Å². The number of aromatic hydroxyl groups is 1. The molecule has 0 aliphatic carbocycles. The normalized spacial score (nSPS) is 13.8. The van der Waals surface area contributed by atoms with Gasteiger partial charge in [0.15, 0.2) is 0 Å². The van der Waals surface area contributed by atoms with Crippen molar-refractivity contribution in [1.82, 2.24) is 52.5 Å². The summed E-state index contributed by atoms with van der Waals surface area (Å²) in [4.78, 5) is 130. The van der Waals surface area contributed by atoms with Gasteiger partial charge in [-0.1, -0.05) is 81.6 Å². The maximum Gasteiger partial charge on any atom is 0.245 e. The van der Waals surface area contributed by atoms with Crippen LogP contribution in [-0.4, -0.2) is 148 Å².